The number of rotatable bonds is 5. The second-order valence-corrected chi connectivity index (χ2v) is 3.44. The van der Waals surface area contributed by atoms with Gasteiger partial charge < -0.3 is 5.11 Å². The standard InChI is InChI=1S/C10H11N5O2/c16-9(17)5-3-7-15-10(12-13-14-15)8-4-1-2-6-11-8/h1-2,4,6H,3,5,7H2,(H,16,17). The van der Waals surface area contributed by atoms with Gasteiger partial charge in [-0.15, -0.1) is 5.10 Å². The van der Waals surface area contributed by atoms with Gasteiger partial charge in [0.15, 0.2) is 0 Å². The summed E-state index contributed by atoms with van der Waals surface area (Å²) in [6.07, 6.45) is 2.24. The first kappa shape index (κ1) is 11.2. The van der Waals surface area contributed by atoms with Gasteiger partial charge in [0.1, 0.15) is 5.69 Å². The fourth-order valence-corrected chi connectivity index (χ4v) is 1.41. The molecule has 0 radical (unpaired) electrons. The normalized spacial score (nSPS) is 10.4. The van der Waals surface area contributed by atoms with Crippen molar-refractivity contribution >= 4 is 5.97 Å². The Morgan fingerprint density at radius 1 is 1.41 bits per heavy atom. The molecular formula is C10H11N5O2. The van der Waals surface area contributed by atoms with E-state index in [1.165, 1.54) is 0 Å². The number of aryl methyl sites for hydroxylation is 1. The molecule has 2 aromatic rings. The lowest BCUT2D eigenvalue weighted by Gasteiger charge is -2.02. The molecule has 0 aliphatic rings. The lowest BCUT2D eigenvalue weighted by Crippen LogP contribution is -2.06. The summed E-state index contributed by atoms with van der Waals surface area (Å²) in [6, 6.07) is 5.46. The van der Waals surface area contributed by atoms with Gasteiger partial charge in [0, 0.05) is 19.2 Å². The average Bonchev–Trinajstić information content (AvgIpc) is 2.78. The lowest BCUT2D eigenvalue weighted by molar-refractivity contribution is -0.137. The van der Waals surface area contributed by atoms with Crippen LogP contribution in [0.1, 0.15) is 12.8 Å². The number of carbonyl (C=O) groups is 1. The quantitative estimate of drug-likeness (QED) is 0.812. The molecule has 0 amide bonds. The van der Waals surface area contributed by atoms with Crippen LogP contribution in [0.5, 0.6) is 0 Å². The highest BCUT2D eigenvalue weighted by molar-refractivity contribution is 5.66. The molecule has 2 heterocycles. The molecule has 17 heavy (non-hydrogen) atoms. The molecule has 0 bridgehead atoms. The van der Waals surface area contributed by atoms with Gasteiger partial charge in [0.2, 0.25) is 5.82 Å². The molecule has 2 aromatic heterocycles. The van der Waals surface area contributed by atoms with Crippen LogP contribution in [-0.4, -0.2) is 36.3 Å². The number of carboxylic acid groups (broad SMARTS) is 1. The Balaban J connectivity index is 2.10. The van der Waals surface area contributed by atoms with E-state index in [2.05, 4.69) is 20.5 Å². The minimum Gasteiger partial charge on any atom is -0.481 e. The first-order valence-electron chi connectivity index (χ1n) is 5.17. The number of aliphatic carboxylic acids is 1. The van der Waals surface area contributed by atoms with Gasteiger partial charge in [-0.05, 0) is 29.0 Å². The van der Waals surface area contributed by atoms with Crippen molar-refractivity contribution in [3.05, 3.63) is 24.4 Å². The second-order valence-electron chi connectivity index (χ2n) is 3.44. The highest BCUT2D eigenvalue weighted by Gasteiger charge is 2.09. The van der Waals surface area contributed by atoms with E-state index in [0.717, 1.165) is 0 Å². The third kappa shape index (κ3) is 2.83. The number of tetrazole rings is 1. The third-order valence-electron chi connectivity index (χ3n) is 2.19. The number of hydrogen-bond donors (Lipinski definition) is 1. The fourth-order valence-electron chi connectivity index (χ4n) is 1.41. The van der Waals surface area contributed by atoms with Gasteiger partial charge in [0.25, 0.3) is 0 Å². The van der Waals surface area contributed by atoms with Crippen molar-refractivity contribution in [3.8, 4) is 11.5 Å². The van der Waals surface area contributed by atoms with E-state index in [1.54, 1.807) is 16.9 Å². The van der Waals surface area contributed by atoms with Crippen molar-refractivity contribution < 1.29 is 9.90 Å². The molecule has 1 N–H and O–H groups in total. The van der Waals surface area contributed by atoms with Crippen LogP contribution < -0.4 is 0 Å². The van der Waals surface area contributed by atoms with Gasteiger partial charge in [-0.2, -0.15) is 0 Å². The van der Waals surface area contributed by atoms with Crippen LogP contribution in [0.3, 0.4) is 0 Å². The van der Waals surface area contributed by atoms with Crippen molar-refractivity contribution in [1.29, 1.82) is 0 Å². The smallest absolute Gasteiger partial charge is 0.303 e. The van der Waals surface area contributed by atoms with Gasteiger partial charge in [-0.3, -0.25) is 9.78 Å². The molecule has 0 spiro atoms. The fraction of sp³-hybridized carbons (Fsp3) is 0.300. The molecule has 0 saturated carbocycles. The van der Waals surface area contributed by atoms with Crippen LogP contribution in [0.2, 0.25) is 0 Å². The van der Waals surface area contributed by atoms with E-state index in [1.807, 2.05) is 12.1 Å². The molecule has 7 heteroatoms. The molecule has 0 atom stereocenters. The molecular weight excluding hydrogens is 222 g/mol. The van der Waals surface area contributed by atoms with Gasteiger partial charge in [-0.25, -0.2) is 4.68 Å². The Labute approximate surface area is 97.1 Å². The molecule has 2 rings (SSSR count). The maximum absolute atomic E-state index is 10.4. The number of aromatic nitrogens is 5. The monoisotopic (exact) mass is 233 g/mol. The van der Waals surface area contributed by atoms with Crippen LogP contribution in [0.15, 0.2) is 24.4 Å². The molecule has 0 fully saturated rings. The zero-order chi connectivity index (χ0) is 12.1. The topological polar surface area (TPSA) is 93.8 Å². The summed E-state index contributed by atoms with van der Waals surface area (Å²) in [5, 5.41) is 19.8. The minimum atomic E-state index is -0.822. The maximum Gasteiger partial charge on any atom is 0.303 e. The van der Waals surface area contributed by atoms with Gasteiger partial charge >= 0.3 is 5.97 Å². The maximum atomic E-state index is 10.4. The van der Waals surface area contributed by atoms with E-state index in [4.69, 9.17) is 5.11 Å². The third-order valence-corrected chi connectivity index (χ3v) is 2.19. The summed E-state index contributed by atoms with van der Waals surface area (Å²) in [5.74, 6) is -0.270. The van der Waals surface area contributed by atoms with E-state index in [-0.39, 0.29) is 6.42 Å². The Morgan fingerprint density at radius 2 is 2.29 bits per heavy atom. The Morgan fingerprint density at radius 3 is 3.00 bits per heavy atom. The highest BCUT2D eigenvalue weighted by Crippen LogP contribution is 2.11. The van der Waals surface area contributed by atoms with Crippen molar-refractivity contribution in [2.45, 2.75) is 19.4 Å². The zero-order valence-electron chi connectivity index (χ0n) is 9.02. The SMILES string of the molecule is O=C(O)CCCn1nnnc1-c1ccccn1. The van der Waals surface area contributed by atoms with E-state index in [0.29, 0.717) is 24.5 Å². The van der Waals surface area contributed by atoms with Crippen LogP contribution in [-0.2, 0) is 11.3 Å². The molecule has 0 saturated heterocycles. The van der Waals surface area contributed by atoms with Crippen molar-refractivity contribution in [3.63, 3.8) is 0 Å². The van der Waals surface area contributed by atoms with Crippen molar-refractivity contribution in [2.24, 2.45) is 0 Å². The summed E-state index contributed by atoms with van der Waals surface area (Å²) >= 11 is 0. The molecule has 0 aliphatic heterocycles. The number of hydrogen-bond acceptors (Lipinski definition) is 5. The Bertz CT molecular complexity index is 496. The number of carboxylic acids is 1. The average molecular weight is 233 g/mol. The van der Waals surface area contributed by atoms with E-state index in [9.17, 15) is 4.79 Å². The molecule has 7 nitrogen and oxygen atoms in total. The number of pyridine rings is 1. The number of nitrogens with zero attached hydrogens (tertiary/aromatic N) is 5. The van der Waals surface area contributed by atoms with E-state index >= 15 is 0 Å². The summed E-state index contributed by atoms with van der Waals surface area (Å²) in [6.45, 7) is 0.463. The van der Waals surface area contributed by atoms with Gasteiger partial charge in [0.05, 0.1) is 0 Å². The van der Waals surface area contributed by atoms with Crippen molar-refractivity contribution in [1.82, 2.24) is 25.2 Å². The minimum absolute atomic E-state index is 0.0987. The molecule has 0 unspecified atom stereocenters. The summed E-state index contributed by atoms with van der Waals surface area (Å²) < 4.78 is 1.56. The van der Waals surface area contributed by atoms with Crippen LogP contribution in [0, 0.1) is 0 Å². The Hall–Kier alpha value is -2.31. The van der Waals surface area contributed by atoms with E-state index < -0.39 is 5.97 Å². The van der Waals surface area contributed by atoms with Crippen LogP contribution >= 0.6 is 0 Å². The largest absolute Gasteiger partial charge is 0.481 e. The molecule has 0 aromatic carbocycles. The summed E-state index contributed by atoms with van der Waals surface area (Å²) in [5.41, 5.74) is 0.674. The van der Waals surface area contributed by atoms with Gasteiger partial charge in [-0.1, -0.05) is 6.07 Å². The molecule has 0 aliphatic carbocycles. The predicted octanol–water partition coefficient (Wildman–Crippen LogP) is 0.600. The predicted molar refractivity (Wildman–Crippen MR) is 57.9 cm³/mol. The van der Waals surface area contributed by atoms with Crippen LogP contribution in [0.25, 0.3) is 11.5 Å². The first-order valence-corrected chi connectivity index (χ1v) is 5.17. The molecule has 88 valence electrons. The zero-order valence-corrected chi connectivity index (χ0v) is 9.02. The Kier molecular flexibility index (Phi) is 3.39. The summed E-state index contributed by atoms with van der Waals surface area (Å²) in [7, 11) is 0. The summed E-state index contributed by atoms with van der Waals surface area (Å²) in [4.78, 5) is 14.6. The van der Waals surface area contributed by atoms with Crippen LogP contribution in [0.4, 0.5) is 0 Å². The first-order chi connectivity index (χ1) is 8.27. The lowest BCUT2D eigenvalue weighted by atomic mass is 10.3. The van der Waals surface area contributed by atoms with Crippen molar-refractivity contribution in [2.75, 3.05) is 0 Å². The highest BCUT2D eigenvalue weighted by atomic mass is 16.4. The second kappa shape index (κ2) is 5.15.